The summed E-state index contributed by atoms with van der Waals surface area (Å²) in [6.07, 6.45) is 0. The lowest BCUT2D eigenvalue weighted by Gasteiger charge is -1.94. The van der Waals surface area contributed by atoms with E-state index in [-0.39, 0.29) is 0 Å². The summed E-state index contributed by atoms with van der Waals surface area (Å²) >= 11 is 12.1. The van der Waals surface area contributed by atoms with E-state index in [1.54, 1.807) is 12.1 Å². The molecule has 0 spiro atoms. The summed E-state index contributed by atoms with van der Waals surface area (Å²) in [5.41, 5.74) is 0. The van der Waals surface area contributed by atoms with Gasteiger partial charge in [-0.25, -0.2) is 4.98 Å². The number of thioether (sulfide) groups is 1. The maximum atomic E-state index is 8.31. The Balaban J connectivity index is 3.01. The van der Waals surface area contributed by atoms with Gasteiger partial charge in [-0.2, -0.15) is 5.26 Å². The maximum Gasteiger partial charge on any atom is 0.138 e. The molecule has 0 aliphatic heterocycles. The number of aromatic nitrogens is 1. The highest BCUT2D eigenvalue weighted by molar-refractivity contribution is 8.03. The van der Waals surface area contributed by atoms with Crippen LogP contribution in [-0.2, 0) is 0 Å². The standard InChI is InChI=1S/C6H2Cl2N2S/c7-5-1-4(11-3-9)2-6(8)10-5/h1-2H. The molecule has 0 radical (unpaired) electrons. The van der Waals surface area contributed by atoms with E-state index in [1.165, 1.54) is 0 Å². The monoisotopic (exact) mass is 204 g/mol. The number of rotatable bonds is 1. The third kappa shape index (κ3) is 2.58. The third-order valence-electron chi connectivity index (χ3n) is 0.900. The van der Waals surface area contributed by atoms with E-state index < -0.39 is 0 Å². The first kappa shape index (κ1) is 8.66. The third-order valence-corrected chi connectivity index (χ3v) is 1.85. The number of nitrogens with zero attached hydrogens (tertiary/aromatic N) is 2. The molecule has 1 aromatic rings. The van der Waals surface area contributed by atoms with E-state index in [0.29, 0.717) is 15.2 Å². The van der Waals surface area contributed by atoms with Crippen molar-refractivity contribution in [2.45, 2.75) is 4.90 Å². The minimum absolute atomic E-state index is 0.301. The molecule has 56 valence electrons. The van der Waals surface area contributed by atoms with Crippen LogP contribution in [0.4, 0.5) is 0 Å². The van der Waals surface area contributed by atoms with Gasteiger partial charge in [-0.1, -0.05) is 23.2 Å². The van der Waals surface area contributed by atoms with Crippen LogP contribution in [0.15, 0.2) is 17.0 Å². The summed E-state index contributed by atoms with van der Waals surface area (Å²) in [7, 11) is 0. The van der Waals surface area contributed by atoms with Gasteiger partial charge in [0.25, 0.3) is 0 Å². The molecule has 11 heavy (non-hydrogen) atoms. The molecular weight excluding hydrogens is 203 g/mol. The minimum Gasteiger partial charge on any atom is -0.224 e. The Hall–Kier alpha value is -0.430. The Kier molecular flexibility index (Phi) is 3.01. The maximum absolute atomic E-state index is 8.31. The molecule has 0 aliphatic carbocycles. The number of hydrogen-bond donors (Lipinski definition) is 0. The summed E-state index contributed by atoms with van der Waals surface area (Å²) in [5.74, 6) is 0. The molecule has 0 saturated carbocycles. The predicted octanol–water partition coefficient (Wildman–Crippen LogP) is 2.96. The lowest BCUT2D eigenvalue weighted by atomic mass is 10.5. The van der Waals surface area contributed by atoms with Crippen molar-refractivity contribution in [3.05, 3.63) is 22.4 Å². The van der Waals surface area contributed by atoms with Gasteiger partial charge in [0.15, 0.2) is 0 Å². The van der Waals surface area contributed by atoms with Gasteiger partial charge in [-0.05, 0) is 23.9 Å². The molecule has 5 heteroatoms. The molecule has 0 unspecified atom stereocenters. The Morgan fingerprint density at radius 3 is 2.36 bits per heavy atom. The fraction of sp³-hybridized carbons (Fsp3) is 0. The zero-order chi connectivity index (χ0) is 8.27. The quantitative estimate of drug-likeness (QED) is 0.401. The molecule has 0 fully saturated rings. The zero-order valence-electron chi connectivity index (χ0n) is 5.21. The lowest BCUT2D eigenvalue weighted by molar-refractivity contribution is 1.26. The van der Waals surface area contributed by atoms with Crippen LogP contribution in [0.5, 0.6) is 0 Å². The second-order valence-electron chi connectivity index (χ2n) is 1.64. The average molecular weight is 205 g/mol. The van der Waals surface area contributed by atoms with E-state index >= 15 is 0 Å². The van der Waals surface area contributed by atoms with Crippen LogP contribution in [0, 0.1) is 10.7 Å². The Morgan fingerprint density at radius 1 is 1.36 bits per heavy atom. The zero-order valence-corrected chi connectivity index (χ0v) is 7.54. The van der Waals surface area contributed by atoms with Gasteiger partial charge < -0.3 is 0 Å². The number of pyridine rings is 1. The van der Waals surface area contributed by atoms with E-state index in [1.807, 2.05) is 5.40 Å². The molecule has 2 nitrogen and oxygen atoms in total. The van der Waals surface area contributed by atoms with Gasteiger partial charge in [0.05, 0.1) is 0 Å². The highest BCUT2D eigenvalue weighted by Crippen LogP contribution is 2.22. The molecule has 1 aromatic heterocycles. The van der Waals surface area contributed by atoms with Crippen LogP contribution < -0.4 is 0 Å². The van der Waals surface area contributed by atoms with Crippen molar-refractivity contribution in [2.24, 2.45) is 0 Å². The molecule has 1 heterocycles. The predicted molar refractivity (Wildman–Crippen MR) is 45.7 cm³/mol. The van der Waals surface area contributed by atoms with Gasteiger partial charge in [0.1, 0.15) is 15.7 Å². The smallest absolute Gasteiger partial charge is 0.138 e. The van der Waals surface area contributed by atoms with Crippen molar-refractivity contribution in [2.75, 3.05) is 0 Å². The molecule has 0 N–H and O–H groups in total. The topological polar surface area (TPSA) is 36.7 Å². The van der Waals surface area contributed by atoms with Crippen LogP contribution in [0.2, 0.25) is 10.3 Å². The van der Waals surface area contributed by atoms with E-state index in [2.05, 4.69) is 4.98 Å². The average Bonchev–Trinajstić information content (AvgIpc) is 1.85. The fourth-order valence-electron chi connectivity index (χ4n) is 0.555. The first-order chi connectivity index (χ1) is 5.22. The second-order valence-corrected chi connectivity index (χ2v) is 3.27. The first-order valence-corrected chi connectivity index (χ1v) is 4.18. The highest BCUT2D eigenvalue weighted by atomic mass is 35.5. The number of thiocyanates is 1. The molecule has 0 aliphatic rings. The molecule has 0 amide bonds. The number of halogens is 2. The van der Waals surface area contributed by atoms with Gasteiger partial charge >= 0.3 is 0 Å². The normalized spacial score (nSPS) is 9.18. The highest BCUT2D eigenvalue weighted by Gasteiger charge is 1.98. The molecule has 1 rings (SSSR count). The van der Waals surface area contributed by atoms with Crippen molar-refractivity contribution in [1.82, 2.24) is 4.98 Å². The largest absolute Gasteiger partial charge is 0.224 e. The van der Waals surface area contributed by atoms with Gasteiger partial charge in [0.2, 0.25) is 0 Å². The lowest BCUT2D eigenvalue weighted by Crippen LogP contribution is -1.77. The van der Waals surface area contributed by atoms with Crippen LogP contribution in [0.25, 0.3) is 0 Å². The van der Waals surface area contributed by atoms with Crippen LogP contribution in [-0.4, -0.2) is 4.98 Å². The van der Waals surface area contributed by atoms with Crippen molar-refractivity contribution < 1.29 is 0 Å². The summed E-state index contributed by atoms with van der Waals surface area (Å²) < 4.78 is 0. The van der Waals surface area contributed by atoms with Crippen LogP contribution in [0.1, 0.15) is 0 Å². The van der Waals surface area contributed by atoms with Gasteiger partial charge in [-0.15, -0.1) is 0 Å². The van der Waals surface area contributed by atoms with Gasteiger partial charge in [0, 0.05) is 4.90 Å². The molecule has 0 atom stereocenters. The molecule has 0 saturated heterocycles. The fourth-order valence-corrected chi connectivity index (χ4v) is 1.59. The van der Waals surface area contributed by atoms with Gasteiger partial charge in [-0.3, -0.25) is 0 Å². The number of hydrogen-bond acceptors (Lipinski definition) is 3. The van der Waals surface area contributed by atoms with Crippen molar-refractivity contribution in [1.29, 1.82) is 5.26 Å². The summed E-state index contributed by atoms with van der Waals surface area (Å²) in [6.45, 7) is 0. The summed E-state index contributed by atoms with van der Waals surface area (Å²) in [5, 5.41) is 10.8. The van der Waals surface area contributed by atoms with Crippen LogP contribution in [0.3, 0.4) is 0 Å². The van der Waals surface area contributed by atoms with Crippen molar-refractivity contribution in [3.63, 3.8) is 0 Å². The summed E-state index contributed by atoms with van der Waals surface area (Å²) in [4.78, 5) is 4.43. The molecule has 0 aromatic carbocycles. The Bertz CT molecular complexity index is 288. The SMILES string of the molecule is N#CSc1cc(Cl)nc(Cl)c1. The Labute approximate surface area is 78.1 Å². The molecule has 0 bridgehead atoms. The first-order valence-electron chi connectivity index (χ1n) is 2.61. The van der Waals surface area contributed by atoms with Crippen molar-refractivity contribution >= 4 is 35.0 Å². The Morgan fingerprint density at radius 2 is 1.91 bits per heavy atom. The second kappa shape index (κ2) is 3.82. The number of nitriles is 1. The summed E-state index contributed by atoms with van der Waals surface area (Å²) in [6, 6.07) is 3.17. The van der Waals surface area contributed by atoms with E-state index in [9.17, 15) is 0 Å². The minimum atomic E-state index is 0.301. The van der Waals surface area contributed by atoms with Crippen molar-refractivity contribution in [3.8, 4) is 5.40 Å². The van der Waals surface area contributed by atoms with Crippen LogP contribution >= 0.6 is 35.0 Å². The molecular formula is C6H2Cl2N2S. The van der Waals surface area contributed by atoms with E-state index in [4.69, 9.17) is 28.5 Å². The van der Waals surface area contributed by atoms with E-state index in [0.717, 1.165) is 11.8 Å².